The monoisotopic (exact) mass is 439 g/mol. The van der Waals surface area contributed by atoms with Gasteiger partial charge in [-0.15, -0.1) is 0 Å². The van der Waals surface area contributed by atoms with Gasteiger partial charge in [0.15, 0.2) is 5.78 Å². The molecule has 0 heterocycles. The number of unbranched alkanes of at least 4 members (excludes halogenated alkanes) is 4. The Hall–Kier alpha value is -2.22. The number of hydrogen-bond donors (Lipinski definition) is 0. The number of aliphatic imine (C=N–C) groups is 1. The fourth-order valence-corrected chi connectivity index (χ4v) is 3.16. The van der Waals surface area contributed by atoms with Crippen molar-refractivity contribution in [3.8, 4) is 0 Å². The van der Waals surface area contributed by atoms with Crippen LogP contribution in [-0.2, 0) is 6.42 Å². The van der Waals surface area contributed by atoms with Crippen molar-refractivity contribution < 1.29 is 4.79 Å². The molecule has 0 aliphatic rings. The van der Waals surface area contributed by atoms with Gasteiger partial charge in [-0.2, -0.15) is 0 Å². The van der Waals surface area contributed by atoms with E-state index < -0.39 is 0 Å². The molecule has 0 unspecified atom stereocenters. The number of rotatable bonds is 13. The molecule has 2 heteroatoms. The van der Waals surface area contributed by atoms with Crippen LogP contribution < -0.4 is 0 Å². The molecule has 32 heavy (non-hydrogen) atoms. The number of benzene rings is 1. The van der Waals surface area contributed by atoms with Gasteiger partial charge in [0.2, 0.25) is 0 Å². The zero-order chi connectivity index (χ0) is 24.8. The lowest BCUT2D eigenvalue weighted by molar-refractivity contribution is 0.0988. The maximum absolute atomic E-state index is 11.6. The molecular weight excluding hydrogens is 390 g/mol. The third-order valence-electron chi connectivity index (χ3n) is 5.03. The standard InChI is InChI=1S/C18H21NO.C10H22.C2H6/c1-5-15(6-2)17(13-19-4)12-14-8-10-16(11-9-14)18(20)7-3;1-4-5-6-7-8-9-10(2)3;1-2/h5-6,8-11,13H,1,4,7,12H2,2-3H3;10H,4-9H2,1-3H3;1-2H3/b15-6+,17-13+;;. The van der Waals surface area contributed by atoms with E-state index in [1.807, 2.05) is 64.1 Å². The highest BCUT2D eigenvalue weighted by molar-refractivity contribution is 5.95. The highest BCUT2D eigenvalue weighted by Crippen LogP contribution is 2.18. The second-order valence-corrected chi connectivity index (χ2v) is 8.03. The minimum absolute atomic E-state index is 0.167. The Labute approximate surface area is 199 Å². The number of ketones is 1. The van der Waals surface area contributed by atoms with Crippen molar-refractivity contribution in [3.05, 3.63) is 71.5 Å². The van der Waals surface area contributed by atoms with E-state index in [1.54, 1.807) is 6.20 Å². The van der Waals surface area contributed by atoms with Gasteiger partial charge in [0.1, 0.15) is 0 Å². The molecule has 0 saturated heterocycles. The highest BCUT2D eigenvalue weighted by Gasteiger charge is 2.06. The molecule has 0 radical (unpaired) electrons. The van der Waals surface area contributed by atoms with Crippen molar-refractivity contribution in [2.45, 2.75) is 99.8 Å². The fraction of sp³-hybridized carbons (Fsp3) is 0.533. The number of nitrogens with zero attached hydrogens (tertiary/aromatic N) is 1. The van der Waals surface area contributed by atoms with Crippen molar-refractivity contribution in [1.29, 1.82) is 0 Å². The molecule has 1 rings (SSSR count). The van der Waals surface area contributed by atoms with Crippen LogP contribution in [0.3, 0.4) is 0 Å². The van der Waals surface area contributed by atoms with E-state index in [0.717, 1.165) is 34.6 Å². The van der Waals surface area contributed by atoms with Crippen molar-refractivity contribution in [3.63, 3.8) is 0 Å². The molecule has 0 N–H and O–H groups in total. The first-order chi connectivity index (χ1) is 15.4. The summed E-state index contributed by atoms with van der Waals surface area (Å²) in [5.41, 5.74) is 4.01. The molecule has 0 aliphatic heterocycles. The molecule has 1 aromatic rings. The highest BCUT2D eigenvalue weighted by atomic mass is 16.1. The van der Waals surface area contributed by atoms with Crippen LogP contribution in [0.5, 0.6) is 0 Å². The van der Waals surface area contributed by atoms with Gasteiger partial charge in [-0.05, 0) is 42.7 Å². The van der Waals surface area contributed by atoms with Crippen LogP contribution in [0.4, 0.5) is 0 Å². The fourth-order valence-electron chi connectivity index (χ4n) is 3.16. The van der Waals surface area contributed by atoms with Crippen LogP contribution in [0, 0.1) is 5.92 Å². The van der Waals surface area contributed by atoms with Crippen LogP contribution in [0.2, 0.25) is 0 Å². The summed E-state index contributed by atoms with van der Waals surface area (Å²) in [6.45, 7) is 22.0. The quantitative estimate of drug-likeness (QED) is 0.130. The largest absolute Gasteiger partial charge is 0.294 e. The first kappa shape index (κ1) is 32.0. The maximum Gasteiger partial charge on any atom is 0.162 e. The normalized spacial score (nSPS) is 11.1. The molecule has 2 nitrogen and oxygen atoms in total. The van der Waals surface area contributed by atoms with Crippen LogP contribution >= 0.6 is 0 Å². The maximum atomic E-state index is 11.6. The predicted octanol–water partition coefficient (Wildman–Crippen LogP) is 9.57. The van der Waals surface area contributed by atoms with Crippen LogP contribution in [0.15, 0.2) is 65.3 Å². The first-order valence-electron chi connectivity index (χ1n) is 12.5. The van der Waals surface area contributed by atoms with Crippen molar-refractivity contribution >= 4 is 12.5 Å². The molecule has 0 fully saturated rings. The van der Waals surface area contributed by atoms with E-state index in [0.29, 0.717) is 6.42 Å². The van der Waals surface area contributed by atoms with E-state index in [1.165, 1.54) is 38.5 Å². The zero-order valence-electron chi connectivity index (χ0n) is 22.0. The van der Waals surface area contributed by atoms with Crippen LogP contribution in [-0.4, -0.2) is 12.5 Å². The van der Waals surface area contributed by atoms with Gasteiger partial charge in [-0.1, -0.05) is 123 Å². The Bertz CT molecular complexity index is 677. The van der Waals surface area contributed by atoms with Crippen molar-refractivity contribution in [1.82, 2.24) is 0 Å². The molecule has 0 saturated carbocycles. The third-order valence-corrected chi connectivity index (χ3v) is 5.03. The Balaban J connectivity index is 0. The van der Waals surface area contributed by atoms with Gasteiger partial charge in [0.05, 0.1) is 0 Å². The Morgan fingerprint density at radius 1 is 1.03 bits per heavy atom. The molecule has 1 aromatic carbocycles. The summed E-state index contributed by atoms with van der Waals surface area (Å²) in [6, 6.07) is 7.72. The number of carbonyl (C=O) groups excluding carboxylic acids is 1. The molecule has 0 aliphatic carbocycles. The third kappa shape index (κ3) is 15.6. The zero-order valence-corrected chi connectivity index (χ0v) is 22.0. The number of carbonyl (C=O) groups is 1. The van der Waals surface area contributed by atoms with Gasteiger partial charge in [-0.25, -0.2) is 0 Å². The summed E-state index contributed by atoms with van der Waals surface area (Å²) >= 11 is 0. The molecule has 0 atom stereocenters. The second-order valence-electron chi connectivity index (χ2n) is 8.03. The average Bonchev–Trinajstić information content (AvgIpc) is 2.81. The minimum atomic E-state index is 0.167. The van der Waals surface area contributed by atoms with Crippen LogP contribution in [0.1, 0.15) is 109 Å². The van der Waals surface area contributed by atoms with Gasteiger partial charge in [-0.3, -0.25) is 9.79 Å². The van der Waals surface area contributed by atoms with Gasteiger partial charge in [0, 0.05) is 18.2 Å². The van der Waals surface area contributed by atoms with E-state index in [2.05, 4.69) is 39.1 Å². The Morgan fingerprint density at radius 3 is 2.06 bits per heavy atom. The summed E-state index contributed by atoms with van der Waals surface area (Å²) < 4.78 is 0. The average molecular weight is 440 g/mol. The van der Waals surface area contributed by atoms with Gasteiger partial charge < -0.3 is 0 Å². The van der Waals surface area contributed by atoms with Crippen molar-refractivity contribution in [2.24, 2.45) is 10.9 Å². The summed E-state index contributed by atoms with van der Waals surface area (Å²) in [5, 5.41) is 0. The predicted molar refractivity (Wildman–Crippen MR) is 146 cm³/mol. The SMILES string of the molecule is C=CC(=C\C)/C(=C/N=C)Cc1ccc(C(=O)CC)cc1.CC.CCCCCCCC(C)C. The molecular formula is C30H49NO. The number of allylic oxidation sites excluding steroid dienone is 4. The number of hydrogen-bond acceptors (Lipinski definition) is 2. The second kappa shape index (κ2) is 22.0. The van der Waals surface area contributed by atoms with Gasteiger partial charge in [0.25, 0.3) is 0 Å². The lowest BCUT2D eigenvalue weighted by Gasteiger charge is -2.08. The summed E-state index contributed by atoms with van der Waals surface area (Å²) in [5.74, 6) is 1.07. The topological polar surface area (TPSA) is 29.4 Å². The van der Waals surface area contributed by atoms with E-state index in [9.17, 15) is 4.79 Å². The lowest BCUT2D eigenvalue weighted by atomic mass is 9.97. The van der Waals surface area contributed by atoms with Gasteiger partial charge >= 0.3 is 0 Å². The lowest BCUT2D eigenvalue weighted by Crippen LogP contribution is -1.98. The molecule has 180 valence electrons. The Morgan fingerprint density at radius 2 is 1.62 bits per heavy atom. The Kier molecular flexibility index (Phi) is 22.0. The summed E-state index contributed by atoms with van der Waals surface area (Å²) in [4.78, 5) is 15.4. The molecule has 0 spiro atoms. The molecule has 0 aromatic heterocycles. The van der Waals surface area contributed by atoms with E-state index >= 15 is 0 Å². The minimum Gasteiger partial charge on any atom is -0.294 e. The first-order valence-corrected chi connectivity index (χ1v) is 12.5. The summed E-state index contributed by atoms with van der Waals surface area (Å²) in [6.07, 6.45) is 15.4. The molecule has 0 bridgehead atoms. The summed E-state index contributed by atoms with van der Waals surface area (Å²) in [7, 11) is 0. The molecule has 0 amide bonds. The number of Topliss-reactive ketones (excluding diaryl/α,β-unsaturated/α-hetero) is 1. The van der Waals surface area contributed by atoms with Crippen molar-refractivity contribution in [2.75, 3.05) is 0 Å². The van der Waals surface area contributed by atoms with Crippen LogP contribution in [0.25, 0.3) is 0 Å². The van der Waals surface area contributed by atoms with E-state index in [-0.39, 0.29) is 5.78 Å². The smallest absolute Gasteiger partial charge is 0.162 e. The van der Waals surface area contributed by atoms with E-state index in [4.69, 9.17) is 0 Å².